The summed E-state index contributed by atoms with van der Waals surface area (Å²) in [6.45, 7) is 1.80. The first kappa shape index (κ1) is 17.6. The van der Waals surface area contributed by atoms with Gasteiger partial charge >= 0.3 is 5.97 Å². The molecule has 1 aliphatic heterocycles. The summed E-state index contributed by atoms with van der Waals surface area (Å²) in [6, 6.07) is 15.8. The van der Waals surface area contributed by atoms with Crippen LogP contribution >= 0.6 is 0 Å². The molecule has 26 heavy (non-hydrogen) atoms. The van der Waals surface area contributed by atoms with Gasteiger partial charge in [-0.25, -0.2) is 4.79 Å². The van der Waals surface area contributed by atoms with Gasteiger partial charge in [0.15, 0.2) is 0 Å². The first-order valence-corrected chi connectivity index (χ1v) is 8.17. The minimum absolute atomic E-state index is 0.0340. The van der Waals surface area contributed by atoms with Gasteiger partial charge in [0.1, 0.15) is 24.5 Å². The lowest BCUT2D eigenvalue weighted by Gasteiger charge is -2.09. The maximum absolute atomic E-state index is 12.0. The van der Waals surface area contributed by atoms with E-state index in [2.05, 4.69) is 5.32 Å². The van der Waals surface area contributed by atoms with Crippen LogP contribution in [-0.4, -0.2) is 30.7 Å². The van der Waals surface area contributed by atoms with Gasteiger partial charge in [-0.1, -0.05) is 30.3 Å². The van der Waals surface area contributed by atoms with E-state index in [1.807, 2.05) is 30.3 Å². The van der Waals surface area contributed by atoms with Crippen LogP contribution in [0, 0.1) is 10.1 Å². The zero-order valence-electron chi connectivity index (χ0n) is 14.0. The molecule has 0 spiro atoms. The van der Waals surface area contributed by atoms with Crippen molar-refractivity contribution < 1.29 is 19.2 Å². The molecule has 3 rings (SSSR count). The van der Waals surface area contributed by atoms with Crippen molar-refractivity contribution in [2.45, 2.75) is 6.54 Å². The lowest BCUT2D eigenvalue weighted by Crippen LogP contribution is -2.19. The molecule has 0 atom stereocenters. The molecule has 0 aromatic heterocycles. The van der Waals surface area contributed by atoms with Gasteiger partial charge in [-0.15, -0.1) is 0 Å². The highest BCUT2D eigenvalue weighted by Crippen LogP contribution is 2.28. The summed E-state index contributed by atoms with van der Waals surface area (Å²) in [5.41, 5.74) is 2.01. The highest BCUT2D eigenvalue weighted by atomic mass is 16.6. The Morgan fingerprint density at radius 3 is 2.54 bits per heavy atom. The molecule has 0 bridgehead atoms. The molecule has 2 aromatic rings. The van der Waals surface area contributed by atoms with Crippen LogP contribution in [0.3, 0.4) is 0 Å². The van der Waals surface area contributed by atoms with Gasteiger partial charge in [0, 0.05) is 25.2 Å². The maximum atomic E-state index is 12.0. The molecular weight excluding hydrogens is 336 g/mol. The number of benzene rings is 2. The third-order valence-electron chi connectivity index (χ3n) is 3.91. The van der Waals surface area contributed by atoms with Crippen molar-refractivity contribution in [1.29, 1.82) is 0 Å². The van der Waals surface area contributed by atoms with Crippen LogP contribution in [0.2, 0.25) is 0 Å². The van der Waals surface area contributed by atoms with E-state index in [0.29, 0.717) is 30.0 Å². The molecule has 7 nitrogen and oxygen atoms in total. The van der Waals surface area contributed by atoms with Crippen molar-refractivity contribution in [2.75, 3.05) is 19.8 Å². The Kier molecular flexibility index (Phi) is 5.60. The summed E-state index contributed by atoms with van der Waals surface area (Å²) in [5.74, 6) is -0.0311. The lowest BCUT2D eigenvalue weighted by molar-refractivity contribution is -0.384. The standard InChI is InChI=1S/C19H18N2O5/c22-19-18(15-6-8-16(9-7-15)21(23)24)17(13-26-19)25-11-10-20-12-14-4-2-1-3-5-14/h1-9,20H,10-13H2. The fraction of sp³-hybridized carbons (Fsp3) is 0.211. The van der Waals surface area contributed by atoms with Gasteiger partial charge in [0.05, 0.1) is 4.92 Å². The largest absolute Gasteiger partial charge is 0.492 e. The van der Waals surface area contributed by atoms with Gasteiger partial charge in [-0.05, 0) is 23.3 Å². The fourth-order valence-corrected chi connectivity index (χ4v) is 2.61. The van der Waals surface area contributed by atoms with E-state index < -0.39 is 10.9 Å². The number of cyclic esters (lactones) is 1. The molecule has 0 aliphatic carbocycles. The van der Waals surface area contributed by atoms with Crippen LogP contribution in [0.4, 0.5) is 5.69 Å². The second-order valence-corrected chi connectivity index (χ2v) is 5.69. The smallest absolute Gasteiger partial charge is 0.342 e. The summed E-state index contributed by atoms with van der Waals surface area (Å²) in [4.78, 5) is 22.2. The van der Waals surface area contributed by atoms with E-state index in [4.69, 9.17) is 9.47 Å². The second-order valence-electron chi connectivity index (χ2n) is 5.69. The molecule has 0 radical (unpaired) electrons. The molecule has 2 aromatic carbocycles. The molecular formula is C19H18N2O5. The number of rotatable bonds is 8. The Balaban J connectivity index is 1.58. The Labute approximate surface area is 150 Å². The monoisotopic (exact) mass is 354 g/mol. The van der Waals surface area contributed by atoms with Crippen LogP contribution in [-0.2, 0) is 20.8 Å². The first-order chi connectivity index (χ1) is 12.6. The minimum atomic E-state index is -0.485. The molecule has 0 saturated carbocycles. The summed E-state index contributed by atoms with van der Waals surface area (Å²) in [7, 11) is 0. The molecule has 0 amide bonds. The number of carbonyl (C=O) groups is 1. The Bertz CT molecular complexity index is 816. The molecule has 7 heteroatoms. The quantitative estimate of drug-likeness (QED) is 0.339. The van der Waals surface area contributed by atoms with Gasteiger partial charge in [-0.3, -0.25) is 10.1 Å². The van der Waals surface area contributed by atoms with Crippen LogP contribution in [0.1, 0.15) is 11.1 Å². The SMILES string of the molecule is O=C1OCC(OCCNCc2ccccc2)=C1c1ccc([N+](=O)[O-])cc1. The Hall–Kier alpha value is -3.19. The van der Waals surface area contributed by atoms with Crippen LogP contribution in [0.25, 0.3) is 5.57 Å². The summed E-state index contributed by atoms with van der Waals surface area (Å²) < 4.78 is 10.7. The number of non-ortho nitro benzene ring substituents is 1. The predicted octanol–water partition coefficient (Wildman–Crippen LogP) is 2.67. The van der Waals surface area contributed by atoms with Crippen molar-refractivity contribution in [3.63, 3.8) is 0 Å². The van der Waals surface area contributed by atoms with Crippen molar-refractivity contribution in [3.05, 3.63) is 81.6 Å². The number of nitrogens with one attached hydrogen (secondary N) is 1. The van der Waals surface area contributed by atoms with Crippen LogP contribution in [0.15, 0.2) is 60.4 Å². The Morgan fingerprint density at radius 1 is 1.12 bits per heavy atom. The number of carbonyl (C=O) groups excluding carboxylic acids is 1. The van der Waals surface area contributed by atoms with Crippen molar-refractivity contribution >= 4 is 17.2 Å². The lowest BCUT2D eigenvalue weighted by atomic mass is 10.1. The average molecular weight is 354 g/mol. The second kappa shape index (κ2) is 8.26. The molecule has 0 saturated heterocycles. The van der Waals surface area contributed by atoms with Crippen molar-refractivity contribution in [2.24, 2.45) is 0 Å². The molecule has 134 valence electrons. The van der Waals surface area contributed by atoms with Crippen LogP contribution < -0.4 is 5.32 Å². The maximum Gasteiger partial charge on any atom is 0.342 e. The average Bonchev–Trinajstić information content (AvgIpc) is 3.03. The molecule has 0 unspecified atom stereocenters. The van der Waals surface area contributed by atoms with E-state index >= 15 is 0 Å². The number of hydrogen-bond donors (Lipinski definition) is 1. The number of ether oxygens (including phenoxy) is 2. The van der Waals surface area contributed by atoms with Gasteiger partial charge < -0.3 is 14.8 Å². The number of nitro groups is 1. The Morgan fingerprint density at radius 2 is 1.85 bits per heavy atom. The topological polar surface area (TPSA) is 90.7 Å². The van der Waals surface area contributed by atoms with E-state index in [9.17, 15) is 14.9 Å². The molecule has 1 N–H and O–H groups in total. The van der Waals surface area contributed by atoms with Crippen molar-refractivity contribution in [1.82, 2.24) is 5.32 Å². The van der Waals surface area contributed by atoms with Gasteiger partial charge in [-0.2, -0.15) is 0 Å². The predicted molar refractivity (Wildman–Crippen MR) is 95.1 cm³/mol. The zero-order valence-corrected chi connectivity index (χ0v) is 14.0. The highest BCUT2D eigenvalue weighted by molar-refractivity contribution is 6.18. The van der Waals surface area contributed by atoms with E-state index in [1.165, 1.54) is 29.8 Å². The van der Waals surface area contributed by atoms with Gasteiger partial charge in [0.25, 0.3) is 5.69 Å². The fourth-order valence-electron chi connectivity index (χ4n) is 2.61. The highest BCUT2D eigenvalue weighted by Gasteiger charge is 2.28. The number of esters is 1. The summed E-state index contributed by atoms with van der Waals surface area (Å²) >= 11 is 0. The molecule has 1 heterocycles. The van der Waals surface area contributed by atoms with Gasteiger partial charge in [0.2, 0.25) is 0 Å². The first-order valence-electron chi connectivity index (χ1n) is 8.17. The number of nitrogens with zero attached hydrogens (tertiary/aromatic N) is 1. The summed E-state index contributed by atoms with van der Waals surface area (Å²) in [5, 5.41) is 14.0. The molecule has 1 aliphatic rings. The van der Waals surface area contributed by atoms with E-state index in [0.717, 1.165) is 6.54 Å². The third-order valence-corrected chi connectivity index (χ3v) is 3.91. The molecule has 0 fully saturated rings. The minimum Gasteiger partial charge on any atom is -0.492 e. The third kappa shape index (κ3) is 4.25. The number of nitro benzene ring substituents is 1. The van der Waals surface area contributed by atoms with Crippen LogP contribution in [0.5, 0.6) is 0 Å². The summed E-state index contributed by atoms with van der Waals surface area (Å²) in [6.07, 6.45) is 0. The van der Waals surface area contributed by atoms with Crippen molar-refractivity contribution in [3.8, 4) is 0 Å². The normalized spacial score (nSPS) is 13.6. The van der Waals surface area contributed by atoms with E-state index in [-0.39, 0.29) is 12.3 Å². The number of hydrogen-bond acceptors (Lipinski definition) is 6. The zero-order chi connectivity index (χ0) is 18.4. The van der Waals surface area contributed by atoms with E-state index in [1.54, 1.807) is 0 Å².